The van der Waals surface area contributed by atoms with Crippen LogP contribution in [0.2, 0.25) is 0 Å². The van der Waals surface area contributed by atoms with Crippen LogP contribution in [-0.2, 0) is 22.6 Å². The Hall–Kier alpha value is -2.92. The Balaban J connectivity index is 1.58. The Morgan fingerprint density at radius 3 is 2.33 bits per heavy atom. The zero-order chi connectivity index (χ0) is 18.7. The minimum Gasteiger partial charge on any atom is -0.386 e. The highest BCUT2D eigenvalue weighted by Crippen LogP contribution is 2.08. The lowest BCUT2D eigenvalue weighted by molar-refractivity contribution is -0.136. The molecule has 0 N–H and O–H groups in total. The summed E-state index contributed by atoms with van der Waals surface area (Å²) in [6, 6.07) is 24.1. The van der Waals surface area contributed by atoms with Crippen molar-refractivity contribution in [2.24, 2.45) is 5.16 Å². The van der Waals surface area contributed by atoms with Crippen molar-refractivity contribution < 1.29 is 9.63 Å². The molecule has 0 saturated heterocycles. The van der Waals surface area contributed by atoms with Gasteiger partial charge in [0.1, 0.15) is 0 Å². The van der Waals surface area contributed by atoms with Gasteiger partial charge in [0.25, 0.3) is 5.91 Å². The lowest BCUT2D eigenvalue weighted by atomic mass is 10.1. The maximum Gasteiger partial charge on any atom is 0.263 e. The first-order chi connectivity index (χ1) is 13.3. The molecule has 0 spiro atoms. The van der Waals surface area contributed by atoms with E-state index in [1.807, 2.05) is 70.9 Å². The predicted octanol–water partition coefficient (Wildman–Crippen LogP) is 4.37. The highest BCUT2D eigenvalue weighted by molar-refractivity contribution is 7.11. The van der Waals surface area contributed by atoms with Crippen LogP contribution in [0.3, 0.4) is 0 Å². The molecule has 0 aliphatic heterocycles. The minimum atomic E-state index is -0.0712. The van der Waals surface area contributed by atoms with Gasteiger partial charge in [-0.3, -0.25) is 4.79 Å². The second kappa shape index (κ2) is 10.3. The van der Waals surface area contributed by atoms with Crippen molar-refractivity contribution >= 4 is 23.5 Å². The van der Waals surface area contributed by atoms with Crippen LogP contribution in [0.25, 0.3) is 0 Å². The molecule has 0 atom stereocenters. The standard InChI is InChI=1S/C22H22N2O2S/c25-22(18-26-23-16-21-12-7-15-27-21)24(17-20-10-5-2-6-11-20)14-13-19-8-3-1-4-9-19/h1-12,15-16H,13-14,17-18H2/b23-16+. The lowest BCUT2D eigenvalue weighted by Crippen LogP contribution is -2.35. The van der Waals surface area contributed by atoms with E-state index in [1.165, 1.54) is 5.56 Å². The third-order valence-corrected chi connectivity index (χ3v) is 4.87. The van der Waals surface area contributed by atoms with Crippen LogP contribution >= 0.6 is 11.3 Å². The number of thiophene rings is 1. The highest BCUT2D eigenvalue weighted by atomic mass is 32.1. The molecule has 3 rings (SSSR count). The van der Waals surface area contributed by atoms with Gasteiger partial charge >= 0.3 is 0 Å². The first-order valence-electron chi connectivity index (χ1n) is 8.86. The number of hydrogen-bond donors (Lipinski definition) is 0. The van der Waals surface area contributed by atoms with Gasteiger partial charge in [0.15, 0.2) is 6.61 Å². The van der Waals surface area contributed by atoms with Gasteiger partial charge in [-0.15, -0.1) is 11.3 Å². The molecule has 138 valence electrons. The zero-order valence-electron chi connectivity index (χ0n) is 15.0. The fourth-order valence-electron chi connectivity index (χ4n) is 2.64. The Morgan fingerprint density at radius 1 is 0.963 bits per heavy atom. The molecule has 0 aliphatic carbocycles. The van der Waals surface area contributed by atoms with Gasteiger partial charge in [-0.05, 0) is 29.0 Å². The van der Waals surface area contributed by atoms with Crippen molar-refractivity contribution in [1.82, 2.24) is 4.90 Å². The molecule has 0 unspecified atom stereocenters. The number of benzene rings is 2. The van der Waals surface area contributed by atoms with Gasteiger partial charge < -0.3 is 9.74 Å². The summed E-state index contributed by atoms with van der Waals surface area (Å²) in [6.07, 6.45) is 2.43. The molecule has 1 heterocycles. The number of amides is 1. The summed E-state index contributed by atoms with van der Waals surface area (Å²) in [4.78, 5) is 20.7. The molecule has 27 heavy (non-hydrogen) atoms. The number of rotatable bonds is 9. The van der Waals surface area contributed by atoms with Gasteiger partial charge in [0.2, 0.25) is 0 Å². The molecule has 0 saturated carbocycles. The van der Waals surface area contributed by atoms with E-state index in [4.69, 9.17) is 4.84 Å². The second-order valence-electron chi connectivity index (χ2n) is 6.06. The Morgan fingerprint density at radius 2 is 1.67 bits per heavy atom. The number of carbonyl (C=O) groups is 1. The molecule has 0 radical (unpaired) electrons. The summed E-state index contributed by atoms with van der Waals surface area (Å²) < 4.78 is 0. The topological polar surface area (TPSA) is 41.9 Å². The van der Waals surface area contributed by atoms with Crippen LogP contribution in [0.5, 0.6) is 0 Å². The smallest absolute Gasteiger partial charge is 0.263 e. The van der Waals surface area contributed by atoms with Crippen LogP contribution in [0, 0.1) is 0 Å². The molecule has 3 aromatic rings. The van der Waals surface area contributed by atoms with Crippen molar-refractivity contribution in [3.05, 3.63) is 94.2 Å². The summed E-state index contributed by atoms with van der Waals surface area (Å²) in [6.45, 7) is 1.13. The Labute approximate surface area is 163 Å². The molecule has 5 heteroatoms. The molecule has 1 amide bonds. The van der Waals surface area contributed by atoms with Crippen molar-refractivity contribution in [3.63, 3.8) is 0 Å². The second-order valence-corrected chi connectivity index (χ2v) is 7.04. The number of oxime groups is 1. The normalized spacial score (nSPS) is 10.8. The summed E-state index contributed by atoms with van der Waals surface area (Å²) in [5.41, 5.74) is 2.31. The maximum atomic E-state index is 12.7. The number of nitrogens with zero attached hydrogens (tertiary/aromatic N) is 2. The van der Waals surface area contributed by atoms with Crippen LogP contribution in [-0.4, -0.2) is 30.2 Å². The average Bonchev–Trinajstić information content (AvgIpc) is 3.23. The largest absolute Gasteiger partial charge is 0.386 e. The van der Waals surface area contributed by atoms with E-state index in [9.17, 15) is 4.79 Å². The molecule has 0 aliphatic rings. The van der Waals surface area contributed by atoms with E-state index in [0.29, 0.717) is 13.1 Å². The van der Waals surface area contributed by atoms with Crippen LogP contribution in [0.15, 0.2) is 83.3 Å². The quantitative estimate of drug-likeness (QED) is 0.410. The zero-order valence-corrected chi connectivity index (χ0v) is 15.8. The minimum absolute atomic E-state index is 0.0660. The van der Waals surface area contributed by atoms with Crippen molar-refractivity contribution in [1.29, 1.82) is 0 Å². The maximum absolute atomic E-state index is 12.7. The number of hydrogen-bond acceptors (Lipinski definition) is 4. The van der Waals surface area contributed by atoms with Crippen molar-refractivity contribution in [2.45, 2.75) is 13.0 Å². The van der Waals surface area contributed by atoms with Crippen LogP contribution < -0.4 is 0 Å². The van der Waals surface area contributed by atoms with Gasteiger partial charge in [0, 0.05) is 18.0 Å². The fraction of sp³-hybridized carbons (Fsp3) is 0.182. The Kier molecular flexibility index (Phi) is 7.18. The molecule has 0 fully saturated rings. The van der Waals surface area contributed by atoms with Gasteiger partial charge in [0.05, 0.1) is 6.21 Å². The summed E-state index contributed by atoms with van der Waals surface area (Å²) in [5, 5.41) is 5.87. The molecule has 0 bridgehead atoms. The van der Waals surface area contributed by atoms with E-state index in [1.54, 1.807) is 17.6 Å². The summed E-state index contributed by atoms with van der Waals surface area (Å²) in [7, 11) is 0. The van der Waals surface area contributed by atoms with Crippen molar-refractivity contribution in [2.75, 3.05) is 13.2 Å². The van der Waals surface area contributed by atoms with E-state index in [2.05, 4.69) is 17.3 Å². The van der Waals surface area contributed by atoms with Gasteiger partial charge in [-0.25, -0.2) is 0 Å². The fourth-order valence-corrected chi connectivity index (χ4v) is 3.22. The lowest BCUT2D eigenvalue weighted by Gasteiger charge is -2.22. The third-order valence-electron chi connectivity index (χ3n) is 4.07. The third kappa shape index (κ3) is 6.38. The molecule has 4 nitrogen and oxygen atoms in total. The van der Waals surface area contributed by atoms with Gasteiger partial charge in [-0.2, -0.15) is 0 Å². The first-order valence-corrected chi connectivity index (χ1v) is 9.74. The highest BCUT2D eigenvalue weighted by Gasteiger charge is 2.14. The van der Waals surface area contributed by atoms with Crippen LogP contribution in [0.4, 0.5) is 0 Å². The SMILES string of the molecule is O=C(CO/N=C/c1cccs1)N(CCc1ccccc1)Cc1ccccc1. The Bertz CT molecular complexity index is 833. The number of carbonyl (C=O) groups excluding carboxylic acids is 1. The van der Waals surface area contributed by atoms with Gasteiger partial charge in [-0.1, -0.05) is 71.9 Å². The van der Waals surface area contributed by atoms with E-state index in [-0.39, 0.29) is 12.5 Å². The van der Waals surface area contributed by atoms with E-state index in [0.717, 1.165) is 16.9 Å². The van der Waals surface area contributed by atoms with E-state index < -0.39 is 0 Å². The molecule has 2 aromatic carbocycles. The van der Waals surface area contributed by atoms with Crippen LogP contribution in [0.1, 0.15) is 16.0 Å². The summed E-state index contributed by atoms with van der Waals surface area (Å²) >= 11 is 1.57. The summed E-state index contributed by atoms with van der Waals surface area (Å²) in [5.74, 6) is -0.0712. The monoisotopic (exact) mass is 378 g/mol. The molecular weight excluding hydrogens is 356 g/mol. The van der Waals surface area contributed by atoms with Crippen molar-refractivity contribution in [3.8, 4) is 0 Å². The predicted molar refractivity (Wildman–Crippen MR) is 110 cm³/mol. The molecule has 1 aromatic heterocycles. The average molecular weight is 378 g/mol. The first kappa shape index (κ1) is 18.9. The van der Waals surface area contributed by atoms with E-state index >= 15 is 0 Å². The molecular formula is C22H22N2O2S.